The summed E-state index contributed by atoms with van der Waals surface area (Å²) >= 11 is 0. The van der Waals surface area contributed by atoms with E-state index in [1.807, 2.05) is 0 Å². The van der Waals surface area contributed by atoms with E-state index in [-0.39, 0.29) is 24.2 Å². The number of esters is 1. The Morgan fingerprint density at radius 3 is 1.39 bits per heavy atom. The molecule has 10 saturated heterocycles. The topological polar surface area (TPSA) is 742 Å². The van der Waals surface area contributed by atoms with Crippen molar-refractivity contribution < 1.29 is 237 Å². The van der Waals surface area contributed by atoms with Crippen LogP contribution in [-0.4, -0.2) is 474 Å². The Morgan fingerprint density at radius 1 is 0.388 bits per heavy atom. The van der Waals surface area contributed by atoms with Crippen molar-refractivity contribution in [2.45, 2.75) is 415 Å². The maximum atomic E-state index is 16.1. The smallest absolute Gasteiger partial charge is 0.335 e. The quantitative estimate of drug-likeness (QED) is 0.0185. The lowest BCUT2D eigenvalue weighted by atomic mass is 9.33. The molecule has 14 fully saturated rings. The maximum Gasteiger partial charge on any atom is 0.335 e. The van der Waals surface area contributed by atoms with Crippen LogP contribution >= 0.6 is 0 Å². The Hall–Kier alpha value is -3.37. The number of ether oxygens (including phenoxy) is 20. The molecule has 10 heterocycles. The van der Waals surface area contributed by atoms with Crippen LogP contribution in [0.4, 0.5) is 0 Å². The largest absolute Gasteiger partial charge is 0.479 e. The average molecular weight is 1940 g/mol. The summed E-state index contributed by atoms with van der Waals surface area (Å²) in [4.78, 5) is 44.1. The third kappa shape index (κ3) is 18.9. The lowest BCUT2D eigenvalue weighted by Gasteiger charge is -2.71. The predicted molar refractivity (Wildman–Crippen MR) is 431 cm³/mol. The van der Waals surface area contributed by atoms with E-state index in [0.717, 1.165) is 11.9 Å². The summed E-state index contributed by atoms with van der Waals surface area (Å²) in [5.74, 6) is -3.74. The second-order valence-electron chi connectivity index (χ2n) is 41.0. The second-order valence-corrected chi connectivity index (χ2v) is 41.0. The van der Waals surface area contributed by atoms with Gasteiger partial charge in [0.2, 0.25) is 6.29 Å². The van der Waals surface area contributed by atoms with Gasteiger partial charge in [0.15, 0.2) is 68.8 Å². The highest BCUT2D eigenvalue weighted by Crippen LogP contribution is 2.76. The molecule has 0 spiro atoms. The van der Waals surface area contributed by atoms with Crippen LogP contribution in [-0.2, 0) is 109 Å². The van der Waals surface area contributed by atoms with Crippen molar-refractivity contribution >= 4 is 18.2 Å². The molecule has 0 radical (unpaired) electrons. The summed E-state index contributed by atoms with van der Waals surface area (Å²) in [7, 11) is 0. The number of fused-ring (bicyclic) bond motifs is 7. The number of carbonyl (C=O) groups is 3. The molecule has 4 saturated carbocycles. The van der Waals surface area contributed by atoms with Gasteiger partial charge in [0.1, 0.15) is 196 Å². The first-order chi connectivity index (χ1) is 63.0. The van der Waals surface area contributed by atoms with Crippen LogP contribution in [0.15, 0.2) is 11.6 Å². The lowest BCUT2D eigenvalue weighted by Crippen LogP contribution is -2.68. The summed E-state index contributed by atoms with van der Waals surface area (Å²) < 4.78 is 119. The van der Waals surface area contributed by atoms with E-state index in [9.17, 15) is 137 Å². The van der Waals surface area contributed by atoms with Gasteiger partial charge in [-0.3, -0.25) is 4.79 Å². The van der Waals surface area contributed by atoms with Crippen LogP contribution in [0.2, 0.25) is 0 Å². The zero-order valence-electron chi connectivity index (χ0n) is 75.4. The highest BCUT2D eigenvalue weighted by Gasteiger charge is 2.72. The number of hydrogen-bond acceptors (Lipinski definition) is 47. The van der Waals surface area contributed by atoms with Gasteiger partial charge in [-0.1, -0.05) is 53.2 Å². The van der Waals surface area contributed by atoms with Crippen LogP contribution in [0.5, 0.6) is 0 Å². The molecule has 5 aliphatic carbocycles. The van der Waals surface area contributed by atoms with Crippen LogP contribution in [0.3, 0.4) is 0 Å². The SMILES string of the molecule is C[C@@H]1O[C@@H](O[C@@H]2[C@@H](OC(=O)[C@]34CCC(C)(C)C[C@H]3C3=CC[C@H]5[C@@]6(C)CC[C@H](O[C@@H]7O[C@H](C(=O)O)[C@@H](O[C@H]8OC[C@H](O[C@H]9O[C@@H](CO)[C@H](O)[C@H](O)[C@H]9O)[C@H](O)[C@@H]8O)[C@H](O)[C@H]7O[C@H]7O[C@@H](CO)[C@H](O)[C@@H](O)[C@H]7O)[C@@](C)(C=O)[C@@H]6CC[C@@]5(C)[C@]3(C)CC4)O[C@@H](C)[C@H](O[C@H]3O[C@@H](C)[C@@H](O[C@H]4OC[C@H](O)[C@@H](O[C@@H]5OC[C@@H](O)[C@@H](O[C@@H]6OC[C@H](O)[C@H](O)[C@H]6O)[C@@H]5O)[C@@H]4O)[C@@H](O)[C@@H]3O)[C@H]2O)[C@@H](O)[C@H](O)[C@@H]1O. The van der Waals surface area contributed by atoms with Gasteiger partial charge in [0.25, 0.3) is 0 Å². The molecular weight excluding hydrogens is 1800 g/mol. The number of carboxylic acids is 1. The molecule has 0 bridgehead atoms. The number of allylic oxidation sites excluding steroid dienone is 2. The number of hydrogen-bond donors (Lipinski definition) is 25. The first-order valence-corrected chi connectivity index (χ1v) is 46.1. The molecule has 0 aromatic rings. The van der Waals surface area contributed by atoms with Crippen molar-refractivity contribution in [1.29, 1.82) is 0 Å². The molecule has 48 nitrogen and oxygen atoms in total. The molecule has 55 atom stereocenters. The van der Waals surface area contributed by atoms with Crippen LogP contribution in [0.1, 0.15) is 127 Å². The Balaban J connectivity index is 0.637. The summed E-state index contributed by atoms with van der Waals surface area (Å²) in [6.45, 7) is 12.6. The minimum Gasteiger partial charge on any atom is -0.479 e. The fraction of sp³-hybridized carbons (Fsp3) is 0.942. The summed E-state index contributed by atoms with van der Waals surface area (Å²) in [6, 6.07) is 0. The van der Waals surface area contributed by atoms with E-state index in [2.05, 4.69) is 40.7 Å². The van der Waals surface area contributed by atoms with Crippen molar-refractivity contribution in [2.24, 2.45) is 50.2 Å². The minimum atomic E-state index is -2.30. The Kier molecular flexibility index (Phi) is 31.9. The van der Waals surface area contributed by atoms with E-state index in [1.54, 1.807) is 6.92 Å². The number of rotatable bonds is 24. The lowest BCUT2D eigenvalue weighted by molar-refractivity contribution is -0.390. The van der Waals surface area contributed by atoms with E-state index in [4.69, 9.17) is 94.7 Å². The van der Waals surface area contributed by atoms with Crippen molar-refractivity contribution in [1.82, 2.24) is 0 Å². The van der Waals surface area contributed by atoms with Gasteiger partial charge in [-0.25, -0.2) is 4.79 Å². The number of aldehydes is 1. The molecule has 15 rings (SSSR count). The standard InChI is InChI=1S/C86H136O48/c1-28-42(93)47(98)53(104)74(119-28)131-66-57(108)62(127-75-56(107)50(101)61(29(2)120-75)126-72-59(110)64(35(92)24-116-72)129-73-60(111)63(34(91)25-117-73)128-70-51(102)43(94)33(90)23-115-70)30(3)121-78(66)134-80(114)86-18-16-81(4,5)20-32(86)31-10-11-40-82(6)14-13-41(83(7,27-89)39(82)12-15-85(40,9)84(31,8)17-19-86)125-79-67(132-77-55(106)49(100)45(96)37(22-88)123-77)58(109)65(68(133-79)69(112)113)130-71-52(103)46(97)38(26-118-71)124-76-54(105)48(99)44(95)36(21-87)122-76/h10,27-30,32-68,70-79,87-88,90-111H,11-26H2,1-9H3,(H,112,113)/t28-,29-,30-,32-,33-,34+,35-,36-,37-,38-,39+,40-,41-,42+,43-,44-,45-,46-,47+,48-,49+,50-,51+,52-,53-,54+,55+,56-,57+,58-,59-,60-,61+,62-,63+,64+,65-,66-,67+,68-,70-,71+,72+,73-,74-,75+,76+,77+,78+,79+,82-,83-,84+,85+,86-/m0/s1. The number of aliphatic hydroxyl groups excluding tert-OH is 24. The van der Waals surface area contributed by atoms with Crippen molar-refractivity contribution in [2.75, 3.05) is 39.6 Å². The zero-order valence-corrected chi connectivity index (χ0v) is 75.4. The molecule has 15 aliphatic rings. The number of aliphatic carboxylic acids is 1. The number of carbonyl (C=O) groups excluding carboxylic acids is 2. The Morgan fingerprint density at radius 2 is 0.828 bits per heavy atom. The molecule has 768 valence electrons. The second kappa shape index (κ2) is 40.7. The summed E-state index contributed by atoms with van der Waals surface area (Å²) in [5, 5.41) is 276. The highest BCUT2D eigenvalue weighted by molar-refractivity contribution is 5.79. The van der Waals surface area contributed by atoms with Gasteiger partial charge in [0.05, 0.1) is 74.9 Å². The molecule has 0 amide bonds. The van der Waals surface area contributed by atoms with Gasteiger partial charge in [0, 0.05) is 0 Å². The predicted octanol–water partition coefficient (Wildman–Crippen LogP) is -10.2. The molecular formula is C86H136O48. The van der Waals surface area contributed by atoms with Gasteiger partial charge < -0.3 is 227 Å². The third-order valence-corrected chi connectivity index (χ3v) is 32.4. The van der Waals surface area contributed by atoms with Crippen molar-refractivity contribution in [3.05, 3.63) is 11.6 Å². The van der Waals surface area contributed by atoms with Gasteiger partial charge in [-0.15, -0.1) is 0 Å². The minimum absolute atomic E-state index is 0.0726. The van der Waals surface area contributed by atoms with Crippen LogP contribution in [0.25, 0.3) is 0 Å². The van der Waals surface area contributed by atoms with E-state index >= 15 is 4.79 Å². The zero-order chi connectivity index (χ0) is 97.5. The van der Waals surface area contributed by atoms with E-state index in [0.29, 0.717) is 51.4 Å². The maximum absolute atomic E-state index is 16.1. The van der Waals surface area contributed by atoms with Gasteiger partial charge in [-0.05, 0) is 124 Å². The normalized spacial score (nSPS) is 55.0. The number of carboxylic acid groups (broad SMARTS) is 1. The highest BCUT2D eigenvalue weighted by atomic mass is 16.8. The van der Waals surface area contributed by atoms with Gasteiger partial charge in [-0.2, -0.15) is 0 Å². The third-order valence-electron chi connectivity index (χ3n) is 32.4. The molecule has 0 aromatic heterocycles. The van der Waals surface area contributed by atoms with Crippen molar-refractivity contribution in [3.63, 3.8) is 0 Å². The summed E-state index contributed by atoms with van der Waals surface area (Å²) in [6.07, 6.45) is -78.5. The molecule has 48 heteroatoms. The molecule has 10 aliphatic heterocycles. The van der Waals surface area contributed by atoms with E-state index in [1.165, 1.54) is 20.8 Å². The average Bonchev–Trinajstić information content (AvgIpc) is 0.671. The fourth-order valence-corrected chi connectivity index (χ4v) is 24.0. The molecule has 134 heavy (non-hydrogen) atoms. The van der Waals surface area contributed by atoms with Crippen LogP contribution in [0, 0.1) is 50.2 Å². The first kappa shape index (κ1) is 105. The summed E-state index contributed by atoms with van der Waals surface area (Å²) in [5.41, 5.74) is -4.08. The fourth-order valence-electron chi connectivity index (χ4n) is 24.0. The van der Waals surface area contributed by atoms with Crippen molar-refractivity contribution in [3.8, 4) is 0 Å². The molecule has 0 aromatic carbocycles. The molecule has 0 unspecified atom stereocenters. The monoisotopic (exact) mass is 1940 g/mol. The first-order valence-electron chi connectivity index (χ1n) is 46.1. The Labute approximate surface area is 769 Å². The van der Waals surface area contributed by atoms with Gasteiger partial charge >= 0.3 is 11.9 Å². The van der Waals surface area contributed by atoms with Crippen LogP contribution < -0.4 is 0 Å². The Bertz CT molecular complexity index is 3990. The number of aliphatic hydroxyl groups is 24. The molecule has 25 N–H and O–H groups in total. The van der Waals surface area contributed by atoms with E-state index < -0.39 is 379 Å².